The number of quaternary nitrogens is 1. The largest absolute Gasteiger partial charge is 0.488 e. The molecular weight excluding hydrogens is 502 g/mol. The van der Waals surface area contributed by atoms with Crippen LogP contribution in [0.4, 0.5) is 0 Å². The third kappa shape index (κ3) is 4.77. The van der Waals surface area contributed by atoms with Gasteiger partial charge in [0, 0.05) is 23.3 Å². The molecule has 2 heterocycles. The van der Waals surface area contributed by atoms with Crippen LogP contribution in [0.3, 0.4) is 0 Å². The van der Waals surface area contributed by atoms with Gasteiger partial charge in [-0.3, -0.25) is 0 Å². The van der Waals surface area contributed by atoms with Gasteiger partial charge in [-0.2, -0.15) is 0 Å². The molecule has 35 heavy (non-hydrogen) atoms. The standard InChI is InChI=1S/C27H31ClNO4S2/c1-29(2,13-14-32-20-10-8-19(28)9-11-20)22-17-18-7-12-21(22)25(18)33-26(30)27(31,23-5-3-15-34-23)24-6-4-16-35-24/h3-6,8-11,15-16,18,21-22,25,31H,7,12-14,17H2,1-2H3/q+1/t18?,21-,22-,25?/m0/s1. The number of thiophene rings is 2. The monoisotopic (exact) mass is 532 g/mol. The van der Waals surface area contributed by atoms with Gasteiger partial charge in [0.1, 0.15) is 25.0 Å². The highest BCUT2D eigenvalue weighted by molar-refractivity contribution is 7.12. The summed E-state index contributed by atoms with van der Waals surface area (Å²) in [5.41, 5.74) is -1.75. The summed E-state index contributed by atoms with van der Waals surface area (Å²) in [7, 11) is 4.48. The Kier molecular flexibility index (Phi) is 6.98. The number of halogens is 1. The van der Waals surface area contributed by atoms with E-state index < -0.39 is 11.6 Å². The van der Waals surface area contributed by atoms with Crippen LogP contribution in [0.5, 0.6) is 5.75 Å². The molecular formula is C27H31ClNO4S2+. The molecule has 2 aliphatic carbocycles. The molecule has 2 aromatic heterocycles. The van der Waals surface area contributed by atoms with Crippen molar-refractivity contribution in [1.82, 2.24) is 0 Å². The van der Waals surface area contributed by atoms with Crippen molar-refractivity contribution in [2.45, 2.75) is 37.0 Å². The minimum absolute atomic E-state index is 0.159. The fourth-order valence-electron chi connectivity index (χ4n) is 5.82. The average Bonchev–Trinajstić information content (AvgIpc) is 3.65. The van der Waals surface area contributed by atoms with E-state index in [1.165, 1.54) is 22.7 Å². The molecule has 0 amide bonds. The normalized spacial score (nSPS) is 24.0. The highest BCUT2D eigenvalue weighted by Gasteiger charge is 2.57. The molecule has 1 aromatic carbocycles. The molecule has 0 radical (unpaired) electrons. The van der Waals surface area contributed by atoms with Crippen LogP contribution < -0.4 is 4.74 Å². The number of esters is 1. The number of carbonyl (C=O) groups excluding carboxylic acids is 1. The number of likely N-dealkylation sites (N-methyl/N-ethyl adjacent to an activating group) is 1. The first kappa shape index (κ1) is 24.8. The predicted molar refractivity (Wildman–Crippen MR) is 140 cm³/mol. The van der Waals surface area contributed by atoms with E-state index in [4.69, 9.17) is 21.1 Å². The Hall–Kier alpha value is -1.90. The van der Waals surface area contributed by atoms with Gasteiger partial charge >= 0.3 is 5.97 Å². The van der Waals surface area contributed by atoms with Gasteiger partial charge in [0.2, 0.25) is 5.60 Å². The van der Waals surface area contributed by atoms with Crippen molar-refractivity contribution < 1.29 is 23.9 Å². The smallest absolute Gasteiger partial charge is 0.349 e. The fraction of sp³-hybridized carbons (Fsp3) is 0.444. The van der Waals surface area contributed by atoms with Crippen LogP contribution in [0.2, 0.25) is 5.02 Å². The van der Waals surface area contributed by atoms with Crippen molar-refractivity contribution in [3.05, 3.63) is 74.1 Å². The van der Waals surface area contributed by atoms with Crippen molar-refractivity contribution in [3.8, 4) is 5.75 Å². The van der Waals surface area contributed by atoms with Gasteiger partial charge in [0.15, 0.2) is 0 Å². The number of benzene rings is 1. The van der Waals surface area contributed by atoms with E-state index in [2.05, 4.69) is 14.1 Å². The Morgan fingerprint density at radius 1 is 1.09 bits per heavy atom. The zero-order valence-electron chi connectivity index (χ0n) is 19.9. The van der Waals surface area contributed by atoms with Crippen molar-refractivity contribution in [2.75, 3.05) is 27.2 Å². The van der Waals surface area contributed by atoms with Crippen LogP contribution in [-0.4, -0.2) is 55.0 Å². The van der Waals surface area contributed by atoms with Crippen LogP contribution in [-0.2, 0) is 15.1 Å². The number of hydrogen-bond acceptors (Lipinski definition) is 6. The van der Waals surface area contributed by atoms with Crippen molar-refractivity contribution in [3.63, 3.8) is 0 Å². The quantitative estimate of drug-likeness (QED) is 0.289. The molecule has 186 valence electrons. The Labute approximate surface area is 219 Å². The molecule has 4 atom stereocenters. The molecule has 3 aromatic rings. The summed E-state index contributed by atoms with van der Waals surface area (Å²) in [6.07, 6.45) is 2.97. The Bertz CT molecular complexity index is 1100. The minimum atomic E-state index is -1.75. The molecule has 5 rings (SSSR count). The first-order valence-corrected chi connectivity index (χ1v) is 14.2. The average molecular weight is 533 g/mol. The van der Waals surface area contributed by atoms with Gasteiger partial charge in [0.05, 0.1) is 29.9 Å². The summed E-state index contributed by atoms with van der Waals surface area (Å²) >= 11 is 8.72. The number of rotatable bonds is 9. The summed E-state index contributed by atoms with van der Waals surface area (Å²) in [4.78, 5) is 14.8. The lowest BCUT2D eigenvalue weighted by Crippen LogP contribution is -2.54. The van der Waals surface area contributed by atoms with E-state index in [-0.39, 0.29) is 12.0 Å². The van der Waals surface area contributed by atoms with Gasteiger partial charge in [-0.1, -0.05) is 23.7 Å². The van der Waals surface area contributed by atoms with E-state index in [1.807, 2.05) is 47.2 Å². The number of ether oxygens (including phenoxy) is 2. The molecule has 8 heteroatoms. The van der Waals surface area contributed by atoms with E-state index in [1.54, 1.807) is 12.1 Å². The zero-order chi connectivity index (χ0) is 24.6. The van der Waals surface area contributed by atoms with Crippen LogP contribution in [0.15, 0.2) is 59.3 Å². The van der Waals surface area contributed by atoms with E-state index in [0.29, 0.717) is 33.3 Å². The first-order valence-electron chi connectivity index (χ1n) is 12.0. The highest BCUT2D eigenvalue weighted by Crippen LogP contribution is 2.50. The Morgan fingerprint density at radius 3 is 2.34 bits per heavy atom. The third-order valence-corrected chi connectivity index (χ3v) is 9.95. The number of fused-ring (bicyclic) bond motifs is 2. The van der Waals surface area contributed by atoms with Crippen molar-refractivity contribution in [2.24, 2.45) is 11.8 Å². The molecule has 1 N–H and O–H groups in total. The molecule has 2 fully saturated rings. The molecule has 2 unspecified atom stereocenters. The maximum atomic E-state index is 13.6. The highest BCUT2D eigenvalue weighted by atomic mass is 35.5. The van der Waals surface area contributed by atoms with Gasteiger partial charge < -0.3 is 19.1 Å². The maximum Gasteiger partial charge on any atom is 0.349 e. The van der Waals surface area contributed by atoms with Crippen LogP contribution in [0.25, 0.3) is 0 Å². The van der Waals surface area contributed by atoms with E-state index >= 15 is 0 Å². The van der Waals surface area contributed by atoms with Gasteiger partial charge in [0.25, 0.3) is 0 Å². The van der Waals surface area contributed by atoms with Gasteiger partial charge in [-0.05, 0) is 60.0 Å². The van der Waals surface area contributed by atoms with Crippen LogP contribution >= 0.6 is 34.3 Å². The van der Waals surface area contributed by atoms with E-state index in [9.17, 15) is 9.90 Å². The first-order chi connectivity index (χ1) is 16.8. The van der Waals surface area contributed by atoms with Crippen molar-refractivity contribution in [1.29, 1.82) is 0 Å². The fourth-order valence-corrected chi connectivity index (χ4v) is 7.66. The molecule has 0 aliphatic heterocycles. The van der Waals surface area contributed by atoms with Crippen LogP contribution in [0.1, 0.15) is 29.0 Å². The maximum absolute atomic E-state index is 13.6. The molecule has 2 bridgehead atoms. The van der Waals surface area contributed by atoms with Gasteiger partial charge in [-0.25, -0.2) is 4.79 Å². The molecule has 5 nitrogen and oxygen atoms in total. The number of nitrogens with zero attached hydrogens (tertiary/aromatic N) is 1. The summed E-state index contributed by atoms with van der Waals surface area (Å²) in [5, 5.41) is 16.1. The minimum Gasteiger partial charge on any atom is -0.488 e. The Morgan fingerprint density at radius 2 is 1.74 bits per heavy atom. The summed E-state index contributed by atoms with van der Waals surface area (Å²) in [5.74, 6) is 0.877. The number of carbonyl (C=O) groups is 1. The van der Waals surface area contributed by atoms with Crippen molar-refractivity contribution >= 4 is 40.2 Å². The SMILES string of the molecule is C[N+](C)(CCOc1ccc(Cl)cc1)[C@H]1CC2CC[C@@H]1C2OC(=O)C(O)(c1cccs1)c1cccs1. The summed E-state index contributed by atoms with van der Waals surface area (Å²) in [6, 6.07) is 15.1. The van der Waals surface area contributed by atoms with Crippen LogP contribution in [0, 0.1) is 11.8 Å². The lowest BCUT2D eigenvalue weighted by molar-refractivity contribution is -0.918. The third-order valence-electron chi connectivity index (χ3n) is 7.74. The second-order valence-corrected chi connectivity index (χ2v) is 12.5. The Balaban J connectivity index is 1.26. The topological polar surface area (TPSA) is 55.8 Å². The number of hydrogen-bond donors (Lipinski definition) is 1. The van der Waals surface area contributed by atoms with E-state index in [0.717, 1.165) is 36.0 Å². The summed E-state index contributed by atoms with van der Waals surface area (Å²) in [6.45, 7) is 1.45. The predicted octanol–water partition coefficient (Wildman–Crippen LogP) is 5.56. The number of aliphatic hydroxyl groups is 1. The lowest BCUT2D eigenvalue weighted by Gasteiger charge is -2.40. The molecule has 0 saturated heterocycles. The molecule has 0 spiro atoms. The summed E-state index contributed by atoms with van der Waals surface area (Å²) < 4.78 is 13.0. The molecule has 2 saturated carbocycles. The zero-order valence-corrected chi connectivity index (χ0v) is 22.3. The second kappa shape index (κ2) is 9.87. The lowest BCUT2D eigenvalue weighted by atomic mass is 9.93. The molecule has 2 aliphatic rings. The van der Waals surface area contributed by atoms with Gasteiger partial charge in [-0.15, -0.1) is 22.7 Å². The second-order valence-electron chi connectivity index (χ2n) is 10.1.